The Kier molecular flexibility index (Phi) is 5.79. The normalized spacial score (nSPS) is 13.7. The smallest absolute Gasteiger partial charge is 0.283 e. The highest BCUT2D eigenvalue weighted by molar-refractivity contribution is 6.53. The second-order valence-corrected chi connectivity index (χ2v) is 7.34. The van der Waals surface area contributed by atoms with Crippen LogP contribution in [0.25, 0.3) is 0 Å². The Morgan fingerprint density at radius 3 is 2.35 bits per heavy atom. The van der Waals surface area contributed by atoms with Crippen molar-refractivity contribution >= 4 is 52.3 Å². The Morgan fingerprint density at radius 1 is 0.935 bits per heavy atom. The minimum Gasteiger partial charge on any atom is -0.467 e. The van der Waals surface area contributed by atoms with Crippen LogP contribution >= 0.6 is 23.2 Å². The molecule has 0 saturated heterocycles. The molecule has 0 fully saturated rings. The van der Waals surface area contributed by atoms with E-state index in [4.69, 9.17) is 27.6 Å². The van der Waals surface area contributed by atoms with Crippen LogP contribution in [0.2, 0.25) is 5.02 Å². The summed E-state index contributed by atoms with van der Waals surface area (Å²) in [5, 5.41) is 5.60. The van der Waals surface area contributed by atoms with Crippen LogP contribution in [-0.4, -0.2) is 17.7 Å². The molecule has 31 heavy (non-hydrogen) atoms. The Bertz CT molecular complexity index is 1190. The summed E-state index contributed by atoms with van der Waals surface area (Å²) in [6.07, 6.45) is 1.53. The Balaban J connectivity index is 1.46. The van der Waals surface area contributed by atoms with Crippen molar-refractivity contribution < 1.29 is 18.8 Å². The van der Waals surface area contributed by atoms with E-state index in [0.29, 0.717) is 17.0 Å². The van der Waals surface area contributed by atoms with Gasteiger partial charge in [-0.3, -0.25) is 14.4 Å². The molecule has 0 bridgehead atoms. The van der Waals surface area contributed by atoms with Crippen LogP contribution < -0.4 is 15.5 Å². The predicted octanol–water partition coefficient (Wildman–Crippen LogP) is 4.30. The predicted molar refractivity (Wildman–Crippen MR) is 117 cm³/mol. The first kappa shape index (κ1) is 20.7. The molecule has 0 saturated carbocycles. The number of furan rings is 1. The van der Waals surface area contributed by atoms with Gasteiger partial charge in [-0.05, 0) is 48.5 Å². The molecule has 9 heteroatoms. The van der Waals surface area contributed by atoms with Crippen molar-refractivity contribution in [2.45, 2.75) is 6.54 Å². The van der Waals surface area contributed by atoms with Gasteiger partial charge in [-0.2, -0.15) is 0 Å². The molecular formula is C22H15Cl2N3O4. The fourth-order valence-corrected chi connectivity index (χ4v) is 3.43. The van der Waals surface area contributed by atoms with Crippen LogP contribution in [0.15, 0.2) is 82.1 Å². The number of carbonyl (C=O) groups is 3. The van der Waals surface area contributed by atoms with E-state index >= 15 is 0 Å². The maximum Gasteiger partial charge on any atom is 0.283 e. The van der Waals surface area contributed by atoms with E-state index in [1.807, 2.05) is 0 Å². The summed E-state index contributed by atoms with van der Waals surface area (Å²) < 4.78 is 5.18. The van der Waals surface area contributed by atoms with Gasteiger partial charge in [0.1, 0.15) is 16.5 Å². The lowest BCUT2D eigenvalue weighted by Gasteiger charge is -2.16. The number of benzene rings is 2. The largest absolute Gasteiger partial charge is 0.467 e. The van der Waals surface area contributed by atoms with E-state index < -0.39 is 11.8 Å². The fourth-order valence-electron chi connectivity index (χ4n) is 3.00. The molecule has 1 aliphatic rings. The third-order valence-corrected chi connectivity index (χ3v) is 5.21. The molecule has 2 N–H and O–H groups in total. The third-order valence-electron chi connectivity index (χ3n) is 4.54. The Morgan fingerprint density at radius 2 is 1.68 bits per heavy atom. The quantitative estimate of drug-likeness (QED) is 0.540. The van der Waals surface area contributed by atoms with E-state index in [-0.39, 0.29) is 33.9 Å². The van der Waals surface area contributed by atoms with Gasteiger partial charge in [-0.25, -0.2) is 4.90 Å². The van der Waals surface area contributed by atoms with Crippen LogP contribution in [-0.2, 0) is 16.1 Å². The Labute approximate surface area is 187 Å². The standard InChI is InChI=1S/C22H15Cl2N3O4/c23-16-5-1-2-6-17(16)27-21(29)18(24)19(22(27)30)26-14-9-7-13(8-10-14)20(28)25-12-15-4-3-11-31-15/h1-11,26H,12H2,(H,25,28). The van der Waals surface area contributed by atoms with Crippen LogP contribution in [0.3, 0.4) is 0 Å². The number of anilines is 2. The molecule has 0 spiro atoms. The van der Waals surface area contributed by atoms with Crippen molar-refractivity contribution in [2.24, 2.45) is 0 Å². The van der Waals surface area contributed by atoms with Gasteiger partial charge in [-0.1, -0.05) is 35.3 Å². The number of carbonyl (C=O) groups excluding carboxylic acids is 3. The van der Waals surface area contributed by atoms with E-state index in [9.17, 15) is 14.4 Å². The van der Waals surface area contributed by atoms with Crippen LogP contribution in [0, 0.1) is 0 Å². The van der Waals surface area contributed by atoms with Gasteiger partial charge in [0.2, 0.25) is 0 Å². The van der Waals surface area contributed by atoms with Gasteiger partial charge in [-0.15, -0.1) is 0 Å². The van der Waals surface area contributed by atoms with Gasteiger partial charge in [0, 0.05) is 11.3 Å². The molecule has 0 aliphatic carbocycles. The lowest BCUT2D eigenvalue weighted by atomic mass is 10.2. The molecule has 0 atom stereocenters. The topological polar surface area (TPSA) is 91.7 Å². The summed E-state index contributed by atoms with van der Waals surface area (Å²) >= 11 is 12.3. The van der Waals surface area contributed by atoms with Crippen molar-refractivity contribution in [2.75, 3.05) is 10.2 Å². The lowest BCUT2D eigenvalue weighted by molar-refractivity contribution is -0.120. The third kappa shape index (κ3) is 4.19. The highest BCUT2D eigenvalue weighted by Gasteiger charge is 2.39. The van der Waals surface area contributed by atoms with E-state index in [1.165, 1.54) is 6.26 Å². The summed E-state index contributed by atoms with van der Waals surface area (Å²) in [4.78, 5) is 38.5. The molecule has 0 radical (unpaired) electrons. The van der Waals surface area contributed by atoms with Crippen molar-refractivity contribution in [3.63, 3.8) is 0 Å². The van der Waals surface area contributed by atoms with Crippen LogP contribution in [0.1, 0.15) is 16.1 Å². The number of imide groups is 1. The number of para-hydroxylation sites is 1. The van der Waals surface area contributed by atoms with Crippen molar-refractivity contribution in [3.8, 4) is 0 Å². The molecule has 2 aromatic carbocycles. The SMILES string of the molecule is O=C(NCc1ccco1)c1ccc(NC2=C(Cl)C(=O)N(c3ccccc3Cl)C2=O)cc1. The summed E-state index contributed by atoms with van der Waals surface area (Å²) in [5.74, 6) is -0.933. The summed E-state index contributed by atoms with van der Waals surface area (Å²) in [6.45, 7) is 0.267. The molecule has 1 aromatic heterocycles. The number of nitrogens with zero attached hydrogens (tertiary/aromatic N) is 1. The van der Waals surface area contributed by atoms with Gasteiger partial charge in [0.25, 0.3) is 17.7 Å². The van der Waals surface area contributed by atoms with Gasteiger partial charge < -0.3 is 15.1 Å². The molecule has 3 amide bonds. The van der Waals surface area contributed by atoms with Gasteiger partial charge in [0.05, 0.1) is 23.5 Å². The van der Waals surface area contributed by atoms with Gasteiger partial charge >= 0.3 is 0 Å². The molecule has 156 valence electrons. The zero-order valence-corrected chi connectivity index (χ0v) is 17.4. The number of rotatable bonds is 6. The van der Waals surface area contributed by atoms with Crippen LogP contribution in [0.5, 0.6) is 0 Å². The zero-order chi connectivity index (χ0) is 22.0. The zero-order valence-electron chi connectivity index (χ0n) is 15.9. The van der Waals surface area contributed by atoms with Crippen molar-refractivity contribution in [1.82, 2.24) is 5.32 Å². The first-order valence-corrected chi connectivity index (χ1v) is 9.92. The summed E-state index contributed by atoms with van der Waals surface area (Å²) in [6, 6.07) is 16.4. The number of hydrogen-bond acceptors (Lipinski definition) is 5. The maximum absolute atomic E-state index is 12.8. The van der Waals surface area contributed by atoms with E-state index in [2.05, 4.69) is 10.6 Å². The fraction of sp³-hybridized carbons (Fsp3) is 0.0455. The average Bonchev–Trinajstić information content (AvgIpc) is 3.37. The first-order valence-electron chi connectivity index (χ1n) is 9.16. The maximum atomic E-state index is 12.8. The van der Waals surface area contributed by atoms with E-state index in [0.717, 1.165) is 4.90 Å². The lowest BCUT2D eigenvalue weighted by Crippen LogP contribution is -2.32. The molecule has 3 aromatic rings. The summed E-state index contributed by atoms with van der Waals surface area (Å²) in [7, 11) is 0. The number of amides is 3. The Hall–Kier alpha value is -3.55. The molecule has 0 unspecified atom stereocenters. The molecule has 7 nitrogen and oxygen atoms in total. The van der Waals surface area contributed by atoms with Gasteiger partial charge in [0.15, 0.2) is 0 Å². The van der Waals surface area contributed by atoms with Crippen LogP contribution in [0.4, 0.5) is 11.4 Å². The number of halogens is 2. The van der Waals surface area contributed by atoms with Crippen molar-refractivity contribution in [1.29, 1.82) is 0 Å². The number of nitrogens with one attached hydrogen (secondary N) is 2. The molecule has 2 heterocycles. The minimum absolute atomic E-state index is 0.0680. The summed E-state index contributed by atoms with van der Waals surface area (Å²) in [5.41, 5.74) is 1.08. The molecular weight excluding hydrogens is 441 g/mol. The molecule has 1 aliphatic heterocycles. The minimum atomic E-state index is -0.670. The molecule has 4 rings (SSSR count). The highest BCUT2D eigenvalue weighted by atomic mass is 35.5. The first-order chi connectivity index (χ1) is 15.0. The highest BCUT2D eigenvalue weighted by Crippen LogP contribution is 2.34. The van der Waals surface area contributed by atoms with Crippen molar-refractivity contribution in [3.05, 3.63) is 94.0 Å². The second-order valence-electron chi connectivity index (χ2n) is 6.55. The monoisotopic (exact) mass is 455 g/mol. The second kappa shape index (κ2) is 8.67. The average molecular weight is 456 g/mol. The number of hydrogen-bond donors (Lipinski definition) is 2. The van der Waals surface area contributed by atoms with E-state index in [1.54, 1.807) is 60.7 Å².